The molecule has 1 aromatic heterocycles. The number of hydrogen-bond donors (Lipinski definition) is 1. The van der Waals surface area contributed by atoms with Gasteiger partial charge < -0.3 is 19.7 Å². The zero-order chi connectivity index (χ0) is 29.4. The van der Waals surface area contributed by atoms with E-state index in [-0.39, 0.29) is 30.0 Å². The molecule has 2 atom stereocenters. The maximum absolute atomic E-state index is 14.9. The maximum Gasteiger partial charge on any atom is 0.247 e. The minimum Gasteiger partial charge on any atom is -0.497 e. The Balaban J connectivity index is 1.68. The molecule has 10 heteroatoms. The molecule has 41 heavy (non-hydrogen) atoms. The molecule has 0 saturated carbocycles. The van der Waals surface area contributed by atoms with Gasteiger partial charge in [0.1, 0.15) is 23.4 Å². The molecule has 2 unspecified atom stereocenters. The lowest BCUT2D eigenvalue weighted by molar-refractivity contribution is -0.139. The number of benzene rings is 2. The van der Waals surface area contributed by atoms with Crippen molar-refractivity contribution in [2.75, 3.05) is 25.3 Å². The van der Waals surface area contributed by atoms with Crippen molar-refractivity contribution in [3.8, 4) is 11.5 Å². The van der Waals surface area contributed by atoms with Crippen molar-refractivity contribution in [1.29, 1.82) is 0 Å². The Hall–Kier alpha value is -3.92. The van der Waals surface area contributed by atoms with Crippen molar-refractivity contribution in [1.82, 2.24) is 14.9 Å². The van der Waals surface area contributed by atoms with Crippen LogP contribution in [0.3, 0.4) is 0 Å². The van der Waals surface area contributed by atoms with E-state index < -0.39 is 11.9 Å². The van der Waals surface area contributed by atoms with E-state index in [0.717, 1.165) is 17.8 Å². The van der Waals surface area contributed by atoms with Crippen LogP contribution in [0.2, 0.25) is 0 Å². The number of anilines is 1. The van der Waals surface area contributed by atoms with E-state index in [2.05, 4.69) is 21.4 Å². The van der Waals surface area contributed by atoms with E-state index >= 15 is 0 Å². The van der Waals surface area contributed by atoms with E-state index in [1.165, 1.54) is 29.8 Å². The number of methoxy groups -OCH3 is 2. The van der Waals surface area contributed by atoms with Crippen molar-refractivity contribution in [3.05, 3.63) is 83.5 Å². The number of ether oxygens (including phenoxy) is 2. The lowest BCUT2D eigenvalue weighted by Gasteiger charge is -2.37. The number of rotatable bonds is 11. The van der Waals surface area contributed by atoms with Crippen molar-refractivity contribution < 1.29 is 23.5 Å². The van der Waals surface area contributed by atoms with Crippen molar-refractivity contribution in [3.63, 3.8) is 0 Å². The first-order chi connectivity index (χ1) is 19.8. The van der Waals surface area contributed by atoms with E-state index in [0.29, 0.717) is 40.7 Å². The number of carbonyl (C=O) groups is 2. The third-order valence-corrected chi connectivity index (χ3v) is 7.76. The zero-order valence-corrected chi connectivity index (χ0v) is 24.5. The van der Waals surface area contributed by atoms with E-state index in [4.69, 9.17) is 9.47 Å². The molecule has 0 fully saturated rings. The lowest BCUT2D eigenvalue weighted by Crippen LogP contribution is -2.52. The average Bonchev–Trinajstić information content (AvgIpc) is 2.97. The van der Waals surface area contributed by atoms with Crippen LogP contribution in [0, 0.1) is 25.6 Å². The van der Waals surface area contributed by atoms with Crippen LogP contribution in [-0.4, -0.2) is 52.7 Å². The summed E-state index contributed by atoms with van der Waals surface area (Å²) in [6, 6.07) is 12.4. The molecular weight excluding hydrogens is 543 g/mol. The predicted molar refractivity (Wildman–Crippen MR) is 158 cm³/mol. The summed E-state index contributed by atoms with van der Waals surface area (Å²) in [6.45, 7) is 3.68. The average molecular weight is 579 g/mol. The van der Waals surface area contributed by atoms with Crippen LogP contribution in [0.1, 0.15) is 36.2 Å². The SMILES string of the molecule is COc1ccc(NC(=O)C(C2CC=CCC2)N(Cc2ccccc2F)C(=O)CSc2nc(C)cc(C)n2)c(OC)c1. The molecule has 0 bridgehead atoms. The van der Waals surface area contributed by atoms with Crippen LogP contribution in [0.5, 0.6) is 11.5 Å². The van der Waals surface area contributed by atoms with Gasteiger partial charge in [-0.2, -0.15) is 0 Å². The number of allylic oxidation sites excluding steroid dienone is 2. The molecule has 0 aliphatic heterocycles. The normalized spacial score (nSPS) is 15.2. The fourth-order valence-electron chi connectivity index (χ4n) is 4.94. The van der Waals surface area contributed by atoms with Crippen LogP contribution in [0.25, 0.3) is 0 Å². The van der Waals surface area contributed by atoms with Gasteiger partial charge in [0.25, 0.3) is 0 Å². The highest BCUT2D eigenvalue weighted by Gasteiger charge is 2.37. The number of aromatic nitrogens is 2. The van der Waals surface area contributed by atoms with Crippen molar-refractivity contribution in [2.45, 2.75) is 50.9 Å². The summed E-state index contributed by atoms with van der Waals surface area (Å²) in [6.07, 6.45) is 6.22. The predicted octanol–water partition coefficient (Wildman–Crippen LogP) is 5.73. The Labute approximate surface area is 244 Å². The smallest absolute Gasteiger partial charge is 0.247 e. The maximum atomic E-state index is 14.9. The molecule has 4 rings (SSSR count). The van der Waals surface area contributed by atoms with Crippen LogP contribution >= 0.6 is 11.8 Å². The standard InChI is InChI=1S/C31H35FN4O4S/c1-20-16-21(2)34-31(33-20)41-19-28(37)36(18-23-12-8-9-13-25(23)32)29(22-10-6-5-7-11-22)30(38)35-26-15-14-24(39-3)17-27(26)40-4/h5-6,8-9,12-17,22,29H,7,10-11,18-19H2,1-4H3,(H,35,38). The summed E-state index contributed by atoms with van der Waals surface area (Å²) >= 11 is 1.20. The number of halogens is 1. The Morgan fingerprint density at radius 1 is 1.07 bits per heavy atom. The van der Waals surface area contributed by atoms with Gasteiger partial charge in [-0.3, -0.25) is 9.59 Å². The molecule has 1 heterocycles. The summed E-state index contributed by atoms with van der Waals surface area (Å²) in [7, 11) is 3.06. The molecule has 0 radical (unpaired) electrons. The van der Waals surface area contributed by atoms with Gasteiger partial charge in [-0.25, -0.2) is 14.4 Å². The highest BCUT2D eigenvalue weighted by atomic mass is 32.2. The molecule has 2 aromatic carbocycles. The highest BCUT2D eigenvalue weighted by Crippen LogP contribution is 2.32. The van der Waals surface area contributed by atoms with Gasteiger partial charge in [0, 0.05) is 29.6 Å². The third-order valence-electron chi connectivity index (χ3n) is 6.93. The number of hydrogen-bond acceptors (Lipinski definition) is 7. The molecule has 8 nitrogen and oxygen atoms in total. The molecule has 3 aromatic rings. The summed E-state index contributed by atoms with van der Waals surface area (Å²) in [4.78, 5) is 38.4. The van der Waals surface area contributed by atoms with Gasteiger partial charge in [-0.05, 0) is 63.3 Å². The monoisotopic (exact) mass is 578 g/mol. The summed E-state index contributed by atoms with van der Waals surface area (Å²) < 4.78 is 25.6. The van der Waals surface area contributed by atoms with Gasteiger partial charge in [-0.1, -0.05) is 42.1 Å². The molecule has 1 aliphatic rings. The third kappa shape index (κ3) is 7.85. The Kier molecular flexibility index (Phi) is 10.3. The largest absolute Gasteiger partial charge is 0.497 e. The van der Waals surface area contributed by atoms with Crippen LogP contribution in [0.15, 0.2) is 65.8 Å². The second kappa shape index (κ2) is 14.1. The highest BCUT2D eigenvalue weighted by molar-refractivity contribution is 7.99. The molecule has 216 valence electrons. The Bertz CT molecular complexity index is 1400. The quantitative estimate of drug-likeness (QED) is 0.176. The van der Waals surface area contributed by atoms with Crippen LogP contribution < -0.4 is 14.8 Å². The summed E-state index contributed by atoms with van der Waals surface area (Å²) in [5.41, 5.74) is 2.39. The van der Waals surface area contributed by atoms with E-state index in [1.807, 2.05) is 26.0 Å². The first-order valence-electron chi connectivity index (χ1n) is 13.4. The number of nitrogens with zero attached hydrogens (tertiary/aromatic N) is 3. The summed E-state index contributed by atoms with van der Waals surface area (Å²) in [5.74, 6) is -0.276. The molecule has 2 amide bonds. The van der Waals surface area contributed by atoms with Crippen LogP contribution in [-0.2, 0) is 16.1 Å². The number of carbonyl (C=O) groups excluding carboxylic acids is 2. The Morgan fingerprint density at radius 3 is 2.49 bits per heavy atom. The molecule has 0 spiro atoms. The second-order valence-electron chi connectivity index (χ2n) is 9.88. The van der Waals surface area contributed by atoms with Gasteiger partial charge in [0.2, 0.25) is 11.8 Å². The molecule has 1 aliphatic carbocycles. The fourth-order valence-corrected chi connectivity index (χ4v) is 5.78. The van der Waals surface area contributed by atoms with Crippen molar-refractivity contribution >= 4 is 29.3 Å². The van der Waals surface area contributed by atoms with E-state index in [9.17, 15) is 14.0 Å². The van der Waals surface area contributed by atoms with E-state index in [1.54, 1.807) is 43.5 Å². The zero-order valence-electron chi connectivity index (χ0n) is 23.7. The first kappa shape index (κ1) is 30.0. The van der Waals surface area contributed by atoms with Crippen LogP contribution in [0.4, 0.5) is 10.1 Å². The number of aryl methyl sites for hydroxylation is 2. The second-order valence-corrected chi connectivity index (χ2v) is 10.8. The summed E-state index contributed by atoms with van der Waals surface area (Å²) in [5, 5.41) is 3.45. The first-order valence-corrected chi connectivity index (χ1v) is 14.4. The molecular formula is C31H35FN4O4S. The topological polar surface area (TPSA) is 93.7 Å². The van der Waals surface area contributed by atoms with Gasteiger partial charge in [0.05, 0.1) is 25.7 Å². The molecule has 1 N–H and O–H groups in total. The van der Waals surface area contributed by atoms with Crippen molar-refractivity contribution in [2.24, 2.45) is 5.92 Å². The number of amides is 2. The van der Waals surface area contributed by atoms with Gasteiger partial charge in [-0.15, -0.1) is 0 Å². The molecule has 0 saturated heterocycles. The number of nitrogens with one attached hydrogen (secondary N) is 1. The number of thioether (sulfide) groups is 1. The van der Waals surface area contributed by atoms with Gasteiger partial charge in [0.15, 0.2) is 5.16 Å². The van der Waals surface area contributed by atoms with Gasteiger partial charge >= 0.3 is 0 Å². The lowest BCUT2D eigenvalue weighted by atomic mass is 9.85. The fraction of sp³-hybridized carbons (Fsp3) is 0.355. The minimum absolute atomic E-state index is 0.00442. The minimum atomic E-state index is -0.861. The Morgan fingerprint density at radius 2 is 1.83 bits per heavy atom.